The molecule has 0 aliphatic carbocycles. The number of fused-ring (bicyclic) bond motifs is 1. The number of hydrogen-bond donors (Lipinski definition) is 2. The number of nitrogens with one attached hydrogen (secondary N) is 1. The topological polar surface area (TPSA) is 49.3 Å². The second kappa shape index (κ2) is 5.51. The Morgan fingerprint density at radius 1 is 1.14 bits per heavy atom. The third-order valence-corrected chi connectivity index (χ3v) is 3.94. The molecule has 0 bridgehead atoms. The molecule has 2 aromatic carbocycles. The predicted molar refractivity (Wildman–Crippen MR) is 83.6 cm³/mol. The number of carbonyl (C=O) groups excluding carboxylic acids is 1. The van der Waals surface area contributed by atoms with Gasteiger partial charge in [-0.15, -0.1) is 0 Å². The van der Waals surface area contributed by atoms with E-state index in [1.807, 2.05) is 37.3 Å². The highest BCUT2D eigenvalue weighted by Gasteiger charge is 2.18. The lowest BCUT2D eigenvalue weighted by Gasteiger charge is -2.20. The van der Waals surface area contributed by atoms with Crippen LogP contribution in [0.2, 0.25) is 5.02 Å². The van der Waals surface area contributed by atoms with E-state index in [2.05, 4.69) is 5.32 Å². The standard InChI is InChI=1S/C17H16ClNO2/c1-10-6-13(9-14(18)7-10)17(21)12-2-4-15-11(8-12)3-5-16(20)19-15/h2,4,6-9,17,21H,3,5H2,1H3,(H,19,20). The normalized spacial score (nSPS) is 15.3. The van der Waals surface area contributed by atoms with E-state index in [4.69, 9.17) is 11.6 Å². The Labute approximate surface area is 128 Å². The summed E-state index contributed by atoms with van der Waals surface area (Å²) in [6, 6.07) is 11.2. The molecule has 21 heavy (non-hydrogen) atoms. The van der Waals surface area contributed by atoms with Crippen molar-refractivity contribution in [3.05, 3.63) is 63.7 Å². The fourth-order valence-electron chi connectivity index (χ4n) is 2.69. The van der Waals surface area contributed by atoms with Crippen molar-refractivity contribution in [1.29, 1.82) is 0 Å². The third-order valence-electron chi connectivity index (χ3n) is 3.72. The summed E-state index contributed by atoms with van der Waals surface area (Å²) in [5, 5.41) is 14.0. The van der Waals surface area contributed by atoms with Gasteiger partial charge in [-0.05, 0) is 53.8 Å². The molecule has 1 unspecified atom stereocenters. The number of carbonyl (C=O) groups is 1. The molecule has 1 aliphatic rings. The molecule has 0 aromatic heterocycles. The van der Waals surface area contributed by atoms with Gasteiger partial charge in [-0.25, -0.2) is 0 Å². The fourth-order valence-corrected chi connectivity index (χ4v) is 2.99. The van der Waals surface area contributed by atoms with Crippen LogP contribution in [0.3, 0.4) is 0 Å². The molecule has 1 amide bonds. The molecule has 0 fully saturated rings. The van der Waals surface area contributed by atoms with Crippen LogP contribution in [0, 0.1) is 6.92 Å². The maximum Gasteiger partial charge on any atom is 0.224 e. The van der Waals surface area contributed by atoms with Gasteiger partial charge in [-0.1, -0.05) is 29.8 Å². The van der Waals surface area contributed by atoms with Gasteiger partial charge in [0, 0.05) is 17.1 Å². The minimum atomic E-state index is -0.717. The summed E-state index contributed by atoms with van der Waals surface area (Å²) in [6.07, 6.45) is 0.476. The Hall–Kier alpha value is -1.84. The van der Waals surface area contributed by atoms with E-state index in [1.54, 1.807) is 6.07 Å². The average molecular weight is 302 g/mol. The van der Waals surface area contributed by atoms with Gasteiger partial charge in [0.15, 0.2) is 0 Å². The minimum absolute atomic E-state index is 0.0428. The van der Waals surface area contributed by atoms with Crippen molar-refractivity contribution < 1.29 is 9.90 Å². The number of rotatable bonds is 2. The van der Waals surface area contributed by atoms with Gasteiger partial charge in [0.05, 0.1) is 0 Å². The maximum absolute atomic E-state index is 11.4. The summed E-state index contributed by atoms with van der Waals surface area (Å²) in [5.74, 6) is 0.0428. The molecule has 1 atom stereocenters. The largest absolute Gasteiger partial charge is 0.384 e. The highest BCUT2D eigenvalue weighted by atomic mass is 35.5. The number of benzene rings is 2. The summed E-state index contributed by atoms with van der Waals surface area (Å²) >= 11 is 6.05. The van der Waals surface area contributed by atoms with Crippen molar-refractivity contribution >= 4 is 23.2 Å². The molecular formula is C17H16ClNO2. The van der Waals surface area contributed by atoms with Gasteiger partial charge in [0.1, 0.15) is 6.10 Å². The van der Waals surface area contributed by atoms with Crippen LogP contribution < -0.4 is 5.32 Å². The zero-order valence-electron chi connectivity index (χ0n) is 11.7. The third kappa shape index (κ3) is 2.94. The highest BCUT2D eigenvalue weighted by Crippen LogP contribution is 2.30. The molecule has 0 saturated heterocycles. The SMILES string of the molecule is Cc1cc(Cl)cc(C(O)c2ccc3c(c2)CCC(=O)N3)c1. The monoisotopic (exact) mass is 301 g/mol. The zero-order chi connectivity index (χ0) is 15.0. The summed E-state index contributed by atoms with van der Waals surface area (Å²) in [7, 11) is 0. The van der Waals surface area contributed by atoms with Gasteiger partial charge in [0.25, 0.3) is 0 Å². The van der Waals surface area contributed by atoms with E-state index in [9.17, 15) is 9.90 Å². The van der Waals surface area contributed by atoms with Crippen LogP contribution in [0.1, 0.15) is 34.8 Å². The molecule has 2 aromatic rings. The first-order chi connectivity index (χ1) is 10.0. The molecule has 1 heterocycles. The van der Waals surface area contributed by atoms with Crippen molar-refractivity contribution in [2.24, 2.45) is 0 Å². The van der Waals surface area contributed by atoms with E-state index >= 15 is 0 Å². The first kappa shape index (κ1) is 14.1. The number of halogens is 1. The van der Waals surface area contributed by atoms with Crippen molar-refractivity contribution in [3.8, 4) is 0 Å². The number of aliphatic hydroxyl groups excluding tert-OH is 1. The van der Waals surface area contributed by atoms with Gasteiger partial charge in [-0.3, -0.25) is 4.79 Å². The number of aryl methyl sites for hydroxylation is 2. The van der Waals surface area contributed by atoms with Crippen molar-refractivity contribution in [2.45, 2.75) is 25.9 Å². The molecular weight excluding hydrogens is 286 g/mol. The second-order valence-corrected chi connectivity index (χ2v) is 5.87. The van der Waals surface area contributed by atoms with E-state index in [0.29, 0.717) is 17.9 Å². The van der Waals surface area contributed by atoms with Crippen LogP contribution >= 0.6 is 11.6 Å². The molecule has 108 valence electrons. The van der Waals surface area contributed by atoms with Gasteiger partial charge >= 0.3 is 0 Å². The number of amides is 1. The smallest absolute Gasteiger partial charge is 0.224 e. The number of aliphatic hydroxyl groups is 1. The first-order valence-corrected chi connectivity index (χ1v) is 7.28. The molecule has 4 heteroatoms. The van der Waals surface area contributed by atoms with Gasteiger partial charge < -0.3 is 10.4 Å². The van der Waals surface area contributed by atoms with Crippen molar-refractivity contribution in [1.82, 2.24) is 0 Å². The Balaban J connectivity index is 1.94. The quantitative estimate of drug-likeness (QED) is 0.890. The van der Waals surface area contributed by atoms with Crippen molar-refractivity contribution in [2.75, 3.05) is 5.32 Å². The van der Waals surface area contributed by atoms with E-state index in [-0.39, 0.29) is 5.91 Å². The summed E-state index contributed by atoms with van der Waals surface area (Å²) in [6.45, 7) is 1.95. The Morgan fingerprint density at radius 2 is 1.95 bits per heavy atom. The van der Waals surface area contributed by atoms with Gasteiger partial charge in [0.2, 0.25) is 5.91 Å². The summed E-state index contributed by atoms with van der Waals surface area (Å²) in [5.41, 5.74) is 4.50. The van der Waals surface area contributed by atoms with Crippen LogP contribution in [0.15, 0.2) is 36.4 Å². The predicted octanol–water partition coefficient (Wildman–Crippen LogP) is 3.61. The molecule has 0 spiro atoms. The first-order valence-electron chi connectivity index (χ1n) is 6.91. The Bertz CT molecular complexity index is 692. The molecule has 1 aliphatic heterocycles. The second-order valence-electron chi connectivity index (χ2n) is 5.43. The van der Waals surface area contributed by atoms with Crippen LogP contribution in [0.25, 0.3) is 0 Å². The Kier molecular flexibility index (Phi) is 3.70. The van der Waals surface area contributed by atoms with Crippen molar-refractivity contribution in [3.63, 3.8) is 0 Å². The van der Waals surface area contributed by atoms with Crippen LogP contribution in [0.5, 0.6) is 0 Å². The number of hydrogen-bond acceptors (Lipinski definition) is 2. The van der Waals surface area contributed by atoms with E-state index < -0.39 is 6.10 Å². The summed E-state index contributed by atoms with van der Waals surface area (Å²) in [4.78, 5) is 11.4. The zero-order valence-corrected chi connectivity index (χ0v) is 12.4. The highest BCUT2D eigenvalue weighted by molar-refractivity contribution is 6.30. The minimum Gasteiger partial charge on any atom is -0.384 e. The molecule has 0 radical (unpaired) electrons. The Morgan fingerprint density at radius 3 is 2.71 bits per heavy atom. The molecule has 3 rings (SSSR count). The van der Waals surface area contributed by atoms with Crippen LogP contribution in [0.4, 0.5) is 5.69 Å². The van der Waals surface area contributed by atoms with Crippen LogP contribution in [-0.2, 0) is 11.2 Å². The van der Waals surface area contributed by atoms with Crippen LogP contribution in [-0.4, -0.2) is 11.0 Å². The summed E-state index contributed by atoms with van der Waals surface area (Å²) < 4.78 is 0. The average Bonchev–Trinajstić information content (AvgIpc) is 2.45. The fraction of sp³-hybridized carbons (Fsp3) is 0.235. The van der Waals surface area contributed by atoms with E-state index in [1.165, 1.54) is 0 Å². The lowest BCUT2D eigenvalue weighted by Crippen LogP contribution is -2.19. The molecule has 3 nitrogen and oxygen atoms in total. The lowest BCUT2D eigenvalue weighted by molar-refractivity contribution is -0.116. The van der Waals surface area contributed by atoms with E-state index in [0.717, 1.165) is 27.9 Å². The molecule has 0 saturated carbocycles. The maximum atomic E-state index is 11.4. The lowest BCUT2D eigenvalue weighted by atomic mass is 9.95. The number of anilines is 1. The van der Waals surface area contributed by atoms with Gasteiger partial charge in [-0.2, -0.15) is 0 Å². The molecule has 2 N–H and O–H groups in total.